The lowest BCUT2D eigenvalue weighted by Crippen LogP contribution is -2.45. The Bertz CT molecular complexity index is 652. The lowest BCUT2D eigenvalue weighted by atomic mass is 10.0. The van der Waals surface area contributed by atoms with E-state index < -0.39 is 6.04 Å². The maximum atomic E-state index is 11.8. The summed E-state index contributed by atoms with van der Waals surface area (Å²) >= 11 is 0. The largest absolute Gasteiger partial charge is 0.357 e. The van der Waals surface area contributed by atoms with Gasteiger partial charge in [0.05, 0.1) is 0 Å². The summed E-state index contributed by atoms with van der Waals surface area (Å²) in [6, 6.07) is 5.43. The molecule has 7 nitrogen and oxygen atoms in total. The van der Waals surface area contributed by atoms with E-state index >= 15 is 0 Å². The normalized spacial score (nSPS) is 12.1. The van der Waals surface area contributed by atoms with Crippen LogP contribution in [0.4, 0.5) is 0 Å². The first-order valence-corrected chi connectivity index (χ1v) is 7.44. The number of carbonyl (C=O) groups excluding carboxylic acids is 2. The molecule has 0 saturated carbocycles. The molecule has 0 radical (unpaired) electrons. The van der Waals surface area contributed by atoms with Gasteiger partial charge in [0.1, 0.15) is 17.1 Å². The van der Waals surface area contributed by atoms with Crippen LogP contribution in [-0.4, -0.2) is 40.3 Å². The van der Waals surface area contributed by atoms with Crippen LogP contribution in [-0.2, 0) is 16.0 Å². The molecule has 1 atom stereocenters. The van der Waals surface area contributed by atoms with E-state index in [9.17, 15) is 9.59 Å². The number of aromatic nitrogens is 3. The van der Waals surface area contributed by atoms with Crippen molar-refractivity contribution < 1.29 is 9.59 Å². The number of H-pyrrole nitrogens is 1. The number of nitrogens with one attached hydrogen (secondary N) is 3. The SMILES string of the molecule is CCC(=O)NC(CCCc1ccc2n[nH]nc2c1)C(=O)NC. The minimum absolute atomic E-state index is 0.113. The van der Waals surface area contributed by atoms with Crippen LogP contribution in [0.5, 0.6) is 0 Å². The van der Waals surface area contributed by atoms with Crippen molar-refractivity contribution in [3.8, 4) is 0 Å². The van der Waals surface area contributed by atoms with Gasteiger partial charge in [0, 0.05) is 13.5 Å². The summed E-state index contributed by atoms with van der Waals surface area (Å²) in [6.45, 7) is 1.77. The van der Waals surface area contributed by atoms with Crippen molar-refractivity contribution in [1.29, 1.82) is 0 Å². The second kappa shape index (κ2) is 7.53. The molecule has 0 fully saturated rings. The fraction of sp³-hybridized carbons (Fsp3) is 0.467. The van der Waals surface area contributed by atoms with Gasteiger partial charge < -0.3 is 10.6 Å². The molecular weight excluding hydrogens is 282 g/mol. The van der Waals surface area contributed by atoms with Crippen LogP contribution in [0.3, 0.4) is 0 Å². The summed E-state index contributed by atoms with van der Waals surface area (Å²) < 4.78 is 0. The Labute approximate surface area is 128 Å². The second-order valence-corrected chi connectivity index (χ2v) is 5.13. The zero-order valence-electron chi connectivity index (χ0n) is 12.8. The molecule has 1 unspecified atom stereocenters. The zero-order valence-corrected chi connectivity index (χ0v) is 12.8. The number of benzene rings is 1. The van der Waals surface area contributed by atoms with Crippen LogP contribution in [0.25, 0.3) is 11.0 Å². The highest BCUT2D eigenvalue weighted by molar-refractivity contribution is 5.87. The topological polar surface area (TPSA) is 99.8 Å². The van der Waals surface area contributed by atoms with E-state index in [1.807, 2.05) is 18.2 Å². The Morgan fingerprint density at radius 3 is 2.77 bits per heavy atom. The highest BCUT2D eigenvalue weighted by Crippen LogP contribution is 2.13. The lowest BCUT2D eigenvalue weighted by molar-refractivity contribution is -0.128. The van der Waals surface area contributed by atoms with Gasteiger partial charge in [0.25, 0.3) is 0 Å². The van der Waals surface area contributed by atoms with E-state index in [4.69, 9.17) is 0 Å². The van der Waals surface area contributed by atoms with E-state index in [0.717, 1.165) is 29.4 Å². The Balaban J connectivity index is 1.91. The molecule has 1 aromatic carbocycles. The Kier molecular flexibility index (Phi) is 5.46. The van der Waals surface area contributed by atoms with Gasteiger partial charge in [0.15, 0.2) is 0 Å². The van der Waals surface area contributed by atoms with Gasteiger partial charge in [-0.3, -0.25) is 9.59 Å². The minimum atomic E-state index is -0.478. The monoisotopic (exact) mass is 303 g/mol. The van der Waals surface area contributed by atoms with Crippen molar-refractivity contribution in [3.63, 3.8) is 0 Å². The van der Waals surface area contributed by atoms with Gasteiger partial charge in [-0.1, -0.05) is 13.0 Å². The summed E-state index contributed by atoms with van der Waals surface area (Å²) in [7, 11) is 1.58. The number of fused-ring (bicyclic) bond motifs is 1. The van der Waals surface area contributed by atoms with E-state index in [1.165, 1.54) is 0 Å². The Morgan fingerprint density at radius 2 is 2.05 bits per heavy atom. The number of rotatable bonds is 7. The Hall–Kier alpha value is -2.44. The van der Waals surface area contributed by atoms with E-state index in [0.29, 0.717) is 12.8 Å². The van der Waals surface area contributed by atoms with Crippen molar-refractivity contribution in [3.05, 3.63) is 23.8 Å². The highest BCUT2D eigenvalue weighted by atomic mass is 16.2. The molecule has 0 aliphatic rings. The van der Waals surface area contributed by atoms with Crippen LogP contribution in [0.2, 0.25) is 0 Å². The molecule has 1 heterocycles. The third-order valence-electron chi connectivity index (χ3n) is 3.56. The predicted molar refractivity (Wildman–Crippen MR) is 83.1 cm³/mol. The molecule has 1 aromatic heterocycles. The van der Waals surface area contributed by atoms with E-state index in [1.54, 1.807) is 14.0 Å². The van der Waals surface area contributed by atoms with Crippen LogP contribution < -0.4 is 10.6 Å². The van der Waals surface area contributed by atoms with E-state index in [2.05, 4.69) is 26.0 Å². The number of nitrogens with zero attached hydrogens (tertiary/aromatic N) is 2. The molecule has 2 aromatic rings. The maximum absolute atomic E-state index is 11.8. The van der Waals surface area contributed by atoms with Gasteiger partial charge in [-0.2, -0.15) is 15.4 Å². The number of carbonyl (C=O) groups is 2. The lowest BCUT2D eigenvalue weighted by Gasteiger charge is -2.16. The fourth-order valence-electron chi connectivity index (χ4n) is 2.29. The summed E-state index contributed by atoms with van der Waals surface area (Å²) in [5.74, 6) is -0.272. The molecule has 3 N–H and O–H groups in total. The maximum Gasteiger partial charge on any atom is 0.242 e. The van der Waals surface area contributed by atoms with Gasteiger partial charge >= 0.3 is 0 Å². The second-order valence-electron chi connectivity index (χ2n) is 5.13. The number of aryl methyl sites for hydroxylation is 1. The molecule has 0 bridgehead atoms. The molecule has 7 heteroatoms. The summed E-state index contributed by atoms with van der Waals surface area (Å²) in [5, 5.41) is 16.0. The molecule has 118 valence electrons. The van der Waals surface area contributed by atoms with Crippen molar-refractivity contribution in [2.45, 2.75) is 38.6 Å². The molecule has 0 saturated heterocycles. The highest BCUT2D eigenvalue weighted by Gasteiger charge is 2.18. The van der Waals surface area contributed by atoms with Crippen LogP contribution in [0.15, 0.2) is 18.2 Å². The van der Waals surface area contributed by atoms with Gasteiger partial charge in [-0.15, -0.1) is 0 Å². The number of amides is 2. The average molecular weight is 303 g/mol. The van der Waals surface area contributed by atoms with E-state index in [-0.39, 0.29) is 11.8 Å². The summed E-state index contributed by atoms with van der Waals surface area (Å²) in [4.78, 5) is 23.3. The van der Waals surface area contributed by atoms with Crippen LogP contribution in [0, 0.1) is 0 Å². The summed E-state index contributed by atoms with van der Waals surface area (Å²) in [5.41, 5.74) is 2.81. The minimum Gasteiger partial charge on any atom is -0.357 e. The van der Waals surface area contributed by atoms with Crippen LogP contribution >= 0.6 is 0 Å². The van der Waals surface area contributed by atoms with Crippen molar-refractivity contribution >= 4 is 22.8 Å². The standard InChI is InChI=1S/C15H21N5O2/c1-3-14(21)17-12(15(22)16-2)6-4-5-10-7-8-11-13(9-10)19-20-18-11/h7-9,12H,3-6H2,1-2H3,(H,16,22)(H,17,21)(H,18,19,20). The number of hydrogen-bond donors (Lipinski definition) is 3. The summed E-state index contributed by atoms with van der Waals surface area (Å²) in [6.07, 6.45) is 2.59. The van der Waals surface area contributed by atoms with Crippen molar-refractivity contribution in [2.24, 2.45) is 0 Å². The predicted octanol–water partition coefficient (Wildman–Crippen LogP) is 0.921. The average Bonchev–Trinajstić information content (AvgIpc) is 3.00. The molecule has 0 spiro atoms. The third kappa shape index (κ3) is 4.03. The fourth-order valence-corrected chi connectivity index (χ4v) is 2.29. The first-order chi connectivity index (χ1) is 10.6. The number of aromatic amines is 1. The quantitative estimate of drug-likeness (QED) is 0.708. The number of likely N-dealkylation sites (N-methyl/N-ethyl adjacent to an activating group) is 1. The van der Waals surface area contributed by atoms with Crippen LogP contribution in [0.1, 0.15) is 31.7 Å². The molecule has 0 aliphatic carbocycles. The smallest absolute Gasteiger partial charge is 0.242 e. The first kappa shape index (κ1) is 15.9. The van der Waals surface area contributed by atoms with Gasteiger partial charge in [-0.05, 0) is 37.0 Å². The van der Waals surface area contributed by atoms with Crippen molar-refractivity contribution in [1.82, 2.24) is 26.0 Å². The molecular formula is C15H21N5O2. The third-order valence-corrected chi connectivity index (χ3v) is 3.56. The van der Waals surface area contributed by atoms with Gasteiger partial charge in [-0.25, -0.2) is 0 Å². The van der Waals surface area contributed by atoms with Gasteiger partial charge in [0.2, 0.25) is 11.8 Å². The van der Waals surface area contributed by atoms with Crippen molar-refractivity contribution in [2.75, 3.05) is 7.05 Å². The zero-order chi connectivity index (χ0) is 15.9. The Morgan fingerprint density at radius 1 is 1.27 bits per heavy atom. The first-order valence-electron chi connectivity index (χ1n) is 7.44. The molecule has 2 amide bonds. The number of hydrogen-bond acceptors (Lipinski definition) is 4. The molecule has 0 aliphatic heterocycles. The molecule has 2 rings (SSSR count). The molecule has 22 heavy (non-hydrogen) atoms.